The van der Waals surface area contributed by atoms with Gasteiger partial charge in [0, 0.05) is 12.6 Å². The smallest absolute Gasteiger partial charge is 0.345 e. The summed E-state index contributed by atoms with van der Waals surface area (Å²) in [4.78, 5) is 34.6. The first kappa shape index (κ1) is 22.5. The molecule has 10 nitrogen and oxygen atoms in total. The highest BCUT2D eigenvalue weighted by atomic mass is 16.6. The maximum Gasteiger partial charge on any atom is 0.345 e. The summed E-state index contributed by atoms with van der Waals surface area (Å²) in [5, 5.41) is 14.0. The van der Waals surface area contributed by atoms with Crippen LogP contribution in [0, 0.1) is 10.1 Å². The van der Waals surface area contributed by atoms with Gasteiger partial charge in [0.1, 0.15) is 11.3 Å². The van der Waals surface area contributed by atoms with E-state index in [9.17, 15) is 19.7 Å². The first-order chi connectivity index (χ1) is 14.4. The van der Waals surface area contributed by atoms with Crippen LogP contribution in [0.5, 0.6) is 17.2 Å². The standard InChI is InChI=1S/C20H22N2O8/c1-27-16-8-5-4-7-13(16)19(23)21-9-6-10-30-18-11-14(20(24)29-3)15(22(25)26)12-17(18)28-2/h4-5,7-8,11-12H,6,9-10H2,1-3H3,(H,21,23). The molecule has 0 bridgehead atoms. The number of carbonyl (C=O) groups is 2. The van der Waals surface area contributed by atoms with Crippen molar-refractivity contribution in [2.45, 2.75) is 6.42 Å². The molecule has 160 valence electrons. The normalized spacial score (nSPS) is 10.1. The summed E-state index contributed by atoms with van der Waals surface area (Å²) in [7, 11) is 3.94. The molecular formula is C20H22N2O8. The Kier molecular flexibility index (Phi) is 7.98. The van der Waals surface area contributed by atoms with E-state index in [1.807, 2.05) is 0 Å². The van der Waals surface area contributed by atoms with Gasteiger partial charge in [0.25, 0.3) is 11.6 Å². The van der Waals surface area contributed by atoms with Crippen LogP contribution in [0.15, 0.2) is 36.4 Å². The number of nitro benzene ring substituents is 1. The van der Waals surface area contributed by atoms with Gasteiger partial charge in [-0.1, -0.05) is 12.1 Å². The number of nitro groups is 1. The predicted molar refractivity (Wildman–Crippen MR) is 106 cm³/mol. The topological polar surface area (TPSA) is 126 Å². The second-order valence-corrected chi connectivity index (χ2v) is 5.93. The van der Waals surface area contributed by atoms with Crippen LogP contribution in [0.2, 0.25) is 0 Å². The molecule has 0 atom stereocenters. The van der Waals surface area contributed by atoms with Crippen LogP contribution in [0.25, 0.3) is 0 Å². The molecule has 2 aromatic rings. The zero-order valence-corrected chi connectivity index (χ0v) is 16.8. The second-order valence-electron chi connectivity index (χ2n) is 5.93. The Labute approximate surface area is 172 Å². The summed E-state index contributed by atoms with van der Waals surface area (Å²) in [6.45, 7) is 0.483. The quantitative estimate of drug-likeness (QED) is 0.270. The molecule has 2 aromatic carbocycles. The third-order valence-electron chi connectivity index (χ3n) is 4.10. The van der Waals surface area contributed by atoms with Crippen LogP contribution >= 0.6 is 0 Å². The third kappa shape index (κ3) is 5.37. The summed E-state index contributed by atoms with van der Waals surface area (Å²) in [6.07, 6.45) is 0.439. The maximum absolute atomic E-state index is 12.2. The number of esters is 1. The van der Waals surface area contributed by atoms with E-state index in [1.54, 1.807) is 24.3 Å². The zero-order valence-electron chi connectivity index (χ0n) is 16.8. The number of hydrogen-bond donors (Lipinski definition) is 1. The molecule has 10 heteroatoms. The van der Waals surface area contributed by atoms with Gasteiger partial charge in [0.2, 0.25) is 0 Å². The first-order valence-electron chi connectivity index (χ1n) is 8.91. The molecule has 1 N–H and O–H groups in total. The molecule has 30 heavy (non-hydrogen) atoms. The average molecular weight is 418 g/mol. The van der Waals surface area contributed by atoms with Crippen molar-refractivity contribution in [2.75, 3.05) is 34.5 Å². The Morgan fingerprint density at radius 1 is 1.00 bits per heavy atom. The first-order valence-corrected chi connectivity index (χ1v) is 8.91. The van der Waals surface area contributed by atoms with Crippen LogP contribution in [-0.2, 0) is 4.74 Å². The lowest BCUT2D eigenvalue weighted by molar-refractivity contribution is -0.385. The molecule has 0 heterocycles. The lowest BCUT2D eigenvalue weighted by atomic mass is 10.1. The van der Waals surface area contributed by atoms with Crippen molar-refractivity contribution in [3.05, 3.63) is 57.6 Å². The molecule has 2 rings (SSSR count). The number of nitrogens with zero attached hydrogens (tertiary/aromatic N) is 1. The van der Waals surface area contributed by atoms with E-state index in [-0.39, 0.29) is 29.6 Å². The highest BCUT2D eigenvalue weighted by Crippen LogP contribution is 2.35. The summed E-state index contributed by atoms with van der Waals surface area (Å²) < 4.78 is 20.5. The van der Waals surface area contributed by atoms with E-state index in [1.165, 1.54) is 20.3 Å². The van der Waals surface area contributed by atoms with Gasteiger partial charge in [0.05, 0.1) is 44.5 Å². The van der Waals surface area contributed by atoms with E-state index < -0.39 is 16.6 Å². The van der Waals surface area contributed by atoms with E-state index in [0.717, 1.165) is 13.2 Å². The Morgan fingerprint density at radius 2 is 1.70 bits per heavy atom. The fourth-order valence-corrected chi connectivity index (χ4v) is 2.63. The van der Waals surface area contributed by atoms with Crippen molar-refractivity contribution < 1.29 is 33.5 Å². The number of amides is 1. The molecule has 0 aromatic heterocycles. The van der Waals surface area contributed by atoms with Crippen LogP contribution in [0.1, 0.15) is 27.1 Å². The summed E-state index contributed by atoms with van der Waals surface area (Å²) in [5.74, 6) is -0.421. The van der Waals surface area contributed by atoms with Crippen molar-refractivity contribution in [2.24, 2.45) is 0 Å². The Bertz CT molecular complexity index is 929. The summed E-state index contributed by atoms with van der Waals surface area (Å²) in [5.41, 5.74) is -0.279. The predicted octanol–water partition coefficient (Wildman–Crippen LogP) is 2.60. The Morgan fingerprint density at radius 3 is 2.33 bits per heavy atom. The van der Waals surface area contributed by atoms with Crippen LogP contribution in [0.3, 0.4) is 0 Å². The Hall–Kier alpha value is -3.82. The molecule has 0 aliphatic carbocycles. The van der Waals surface area contributed by atoms with Gasteiger partial charge >= 0.3 is 5.97 Å². The van der Waals surface area contributed by atoms with Gasteiger partial charge in [-0.3, -0.25) is 14.9 Å². The molecule has 0 saturated heterocycles. The van der Waals surface area contributed by atoms with Crippen molar-refractivity contribution in [3.63, 3.8) is 0 Å². The number of hydrogen-bond acceptors (Lipinski definition) is 8. The molecule has 0 fully saturated rings. The monoisotopic (exact) mass is 418 g/mol. The van der Waals surface area contributed by atoms with Crippen LogP contribution < -0.4 is 19.5 Å². The molecule has 0 saturated carbocycles. The minimum atomic E-state index is -0.863. The molecular weight excluding hydrogens is 396 g/mol. The van der Waals surface area contributed by atoms with E-state index in [4.69, 9.17) is 14.2 Å². The van der Waals surface area contributed by atoms with Gasteiger partial charge in [-0.2, -0.15) is 0 Å². The SMILES string of the molecule is COC(=O)c1cc(OCCCNC(=O)c2ccccc2OC)c(OC)cc1[N+](=O)[O-]. The number of rotatable bonds is 10. The van der Waals surface area contributed by atoms with Gasteiger partial charge < -0.3 is 24.3 Å². The third-order valence-corrected chi connectivity index (χ3v) is 4.10. The number of ether oxygens (including phenoxy) is 4. The molecule has 0 spiro atoms. The highest BCUT2D eigenvalue weighted by molar-refractivity contribution is 5.97. The molecule has 0 aliphatic rings. The van der Waals surface area contributed by atoms with E-state index in [2.05, 4.69) is 10.1 Å². The van der Waals surface area contributed by atoms with E-state index >= 15 is 0 Å². The maximum atomic E-state index is 12.2. The fourth-order valence-electron chi connectivity index (χ4n) is 2.63. The van der Waals surface area contributed by atoms with Crippen molar-refractivity contribution in [1.82, 2.24) is 5.32 Å². The van der Waals surface area contributed by atoms with Crippen LogP contribution in [0.4, 0.5) is 5.69 Å². The number of nitrogens with one attached hydrogen (secondary N) is 1. The zero-order chi connectivity index (χ0) is 22.1. The van der Waals surface area contributed by atoms with Gasteiger partial charge in [-0.05, 0) is 18.6 Å². The molecule has 0 unspecified atom stereocenters. The molecule has 0 aliphatic heterocycles. The van der Waals surface area contributed by atoms with Gasteiger partial charge in [0.15, 0.2) is 11.5 Å². The lowest BCUT2D eigenvalue weighted by Crippen LogP contribution is -2.26. The van der Waals surface area contributed by atoms with Crippen LogP contribution in [-0.4, -0.2) is 51.3 Å². The van der Waals surface area contributed by atoms with Crippen molar-refractivity contribution in [1.29, 1.82) is 0 Å². The minimum absolute atomic E-state index is 0.104. The number of benzene rings is 2. The average Bonchev–Trinajstić information content (AvgIpc) is 2.77. The fraction of sp³-hybridized carbons (Fsp3) is 0.300. The van der Waals surface area contributed by atoms with Crippen molar-refractivity contribution in [3.8, 4) is 17.2 Å². The molecule has 0 radical (unpaired) electrons. The summed E-state index contributed by atoms with van der Waals surface area (Å²) in [6, 6.07) is 9.16. The largest absolute Gasteiger partial charge is 0.496 e. The van der Waals surface area contributed by atoms with Gasteiger partial charge in [-0.25, -0.2) is 4.79 Å². The number of para-hydroxylation sites is 1. The number of methoxy groups -OCH3 is 3. The van der Waals surface area contributed by atoms with Gasteiger partial charge in [-0.15, -0.1) is 0 Å². The number of carbonyl (C=O) groups excluding carboxylic acids is 2. The second kappa shape index (κ2) is 10.6. The minimum Gasteiger partial charge on any atom is -0.496 e. The van der Waals surface area contributed by atoms with Crippen molar-refractivity contribution >= 4 is 17.6 Å². The highest BCUT2D eigenvalue weighted by Gasteiger charge is 2.25. The molecule has 1 amide bonds. The lowest BCUT2D eigenvalue weighted by Gasteiger charge is -2.13. The van der Waals surface area contributed by atoms with E-state index in [0.29, 0.717) is 24.3 Å². The Balaban J connectivity index is 1.99. The summed E-state index contributed by atoms with van der Waals surface area (Å²) >= 11 is 0.